The molecule has 144 valence electrons. The summed E-state index contributed by atoms with van der Waals surface area (Å²) >= 11 is 0. The number of pyridine rings is 1. The van der Waals surface area contributed by atoms with Crippen LogP contribution in [0, 0.1) is 11.3 Å². The molecule has 0 aliphatic carbocycles. The summed E-state index contributed by atoms with van der Waals surface area (Å²) in [5.41, 5.74) is 4.12. The third-order valence-corrected chi connectivity index (χ3v) is 4.69. The van der Waals surface area contributed by atoms with Gasteiger partial charge < -0.3 is 4.98 Å². The fraction of sp³-hybridized carbons (Fsp3) is 0.190. The van der Waals surface area contributed by atoms with Gasteiger partial charge in [-0.15, -0.1) is 0 Å². The summed E-state index contributed by atoms with van der Waals surface area (Å²) in [5.74, 6) is -0.0397. The Morgan fingerprint density at radius 2 is 2.14 bits per heavy atom. The summed E-state index contributed by atoms with van der Waals surface area (Å²) in [6, 6.07) is 7.80. The first-order valence-electron chi connectivity index (χ1n) is 9.17. The second-order valence-electron chi connectivity index (χ2n) is 6.99. The molecular formula is C21H19N7O. The Bertz CT molecular complexity index is 1320. The van der Waals surface area contributed by atoms with Crippen LogP contribution in [0.25, 0.3) is 23.0 Å². The van der Waals surface area contributed by atoms with Crippen molar-refractivity contribution in [1.82, 2.24) is 29.4 Å². The number of fused-ring (bicyclic) bond motifs is 1. The van der Waals surface area contributed by atoms with Gasteiger partial charge in [0.2, 0.25) is 0 Å². The molecule has 0 fully saturated rings. The van der Waals surface area contributed by atoms with Crippen LogP contribution < -0.4 is 5.56 Å². The minimum absolute atomic E-state index is 0.0397. The summed E-state index contributed by atoms with van der Waals surface area (Å²) < 4.78 is 3.01. The number of rotatable bonds is 5. The highest BCUT2D eigenvalue weighted by molar-refractivity contribution is 5.67. The predicted molar refractivity (Wildman–Crippen MR) is 109 cm³/mol. The van der Waals surface area contributed by atoms with Crippen molar-refractivity contribution in [1.29, 1.82) is 5.26 Å². The van der Waals surface area contributed by atoms with Crippen molar-refractivity contribution in [2.24, 2.45) is 0 Å². The van der Waals surface area contributed by atoms with Crippen molar-refractivity contribution in [3.05, 3.63) is 76.2 Å². The number of H-pyrrole nitrogens is 1. The molecule has 4 heterocycles. The normalized spacial score (nSPS) is 11.1. The molecular weight excluding hydrogens is 366 g/mol. The summed E-state index contributed by atoms with van der Waals surface area (Å²) in [6.45, 7) is 8.13. The molecule has 0 saturated carbocycles. The van der Waals surface area contributed by atoms with Gasteiger partial charge in [0.25, 0.3) is 5.56 Å². The Morgan fingerprint density at radius 3 is 2.86 bits per heavy atom. The fourth-order valence-corrected chi connectivity index (χ4v) is 3.32. The molecule has 0 spiro atoms. The number of aromatic nitrogens is 6. The van der Waals surface area contributed by atoms with Crippen LogP contribution in [0.15, 0.2) is 48.2 Å². The van der Waals surface area contributed by atoms with E-state index in [1.165, 1.54) is 10.7 Å². The van der Waals surface area contributed by atoms with E-state index < -0.39 is 0 Å². The first-order chi connectivity index (χ1) is 14.0. The number of nitrogens with one attached hydrogen (secondary N) is 1. The summed E-state index contributed by atoms with van der Waals surface area (Å²) in [7, 11) is 0. The highest BCUT2D eigenvalue weighted by atomic mass is 16.1. The quantitative estimate of drug-likeness (QED) is 0.569. The number of hydrogen-bond donors (Lipinski definition) is 1. The highest BCUT2D eigenvalue weighted by Gasteiger charge is 2.20. The van der Waals surface area contributed by atoms with Crippen LogP contribution >= 0.6 is 0 Å². The molecule has 0 bridgehead atoms. The molecule has 8 heteroatoms. The fourth-order valence-electron chi connectivity index (χ4n) is 3.32. The Morgan fingerprint density at radius 1 is 1.31 bits per heavy atom. The average Bonchev–Trinajstić information content (AvgIpc) is 3.34. The van der Waals surface area contributed by atoms with Crippen LogP contribution in [0.1, 0.15) is 42.3 Å². The number of nitrogens with zero attached hydrogens (tertiary/aromatic N) is 6. The van der Waals surface area contributed by atoms with E-state index in [1.54, 1.807) is 17.0 Å². The molecule has 4 rings (SSSR count). The summed E-state index contributed by atoms with van der Waals surface area (Å²) in [6.07, 6.45) is 6.65. The van der Waals surface area contributed by atoms with E-state index in [-0.39, 0.29) is 11.5 Å². The molecule has 0 radical (unpaired) electrons. The largest absolute Gasteiger partial charge is 0.338 e. The molecule has 4 aromatic heterocycles. The molecule has 0 unspecified atom stereocenters. The molecule has 4 aromatic rings. The Labute approximate surface area is 166 Å². The van der Waals surface area contributed by atoms with Gasteiger partial charge in [-0.25, -0.2) is 0 Å². The molecule has 0 aliphatic heterocycles. The van der Waals surface area contributed by atoms with E-state index in [2.05, 4.69) is 32.8 Å². The van der Waals surface area contributed by atoms with Crippen molar-refractivity contribution >= 4 is 11.7 Å². The second-order valence-corrected chi connectivity index (χ2v) is 6.99. The maximum atomic E-state index is 13.0. The molecule has 0 saturated heterocycles. The predicted octanol–water partition coefficient (Wildman–Crippen LogP) is 2.97. The van der Waals surface area contributed by atoms with Gasteiger partial charge in [-0.05, 0) is 24.1 Å². The third-order valence-electron chi connectivity index (χ3n) is 4.69. The molecule has 8 nitrogen and oxygen atoms in total. The Balaban J connectivity index is 1.80. The minimum atomic E-state index is -0.238. The van der Waals surface area contributed by atoms with Gasteiger partial charge in [0.05, 0.1) is 36.0 Å². The van der Waals surface area contributed by atoms with E-state index in [1.807, 2.05) is 38.2 Å². The number of hydrogen-bond acceptors (Lipinski definition) is 5. The standard InChI is InChI=1S/C21H19N7O/c1-4-16-6-5-7-17(25-16)12-27-11-15(10-23-27)19-18(13(2)3)21(29)28-20(26-19)14(8-22)9-24-28/h4-7,9-11,13,26H,1,12H2,2-3H3. The van der Waals surface area contributed by atoms with Gasteiger partial charge in [0, 0.05) is 17.3 Å². The van der Waals surface area contributed by atoms with Crippen LogP contribution in [0.5, 0.6) is 0 Å². The van der Waals surface area contributed by atoms with E-state index >= 15 is 0 Å². The Hall–Kier alpha value is -3.99. The number of nitriles is 1. The van der Waals surface area contributed by atoms with E-state index in [4.69, 9.17) is 0 Å². The van der Waals surface area contributed by atoms with Gasteiger partial charge in [-0.3, -0.25) is 14.5 Å². The first-order valence-corrected chi connectivity index (χ1v) is 9.17. The van der Waals surface area contributed by atoms with E-state index in [9.17, 15) is 10.1 Å². The maximum Gasteiger partial charge on any atom is 0.278 e. The first kappa shape index (κ1) is 18.4. The van der Waals surface area contributed by atoms with E-state index in [0.717, 1.165) is 17.0 Å². The van der Waals surface area contributed by atoms with Crippen LogP contribution in [0.3, 0.4) is 0 Å². The molecule has 0 aromatic carbocycles. The topological polar surface area (TPSA) is 105 Å². The van der Waals surface area contributed by atoms with Crippen molar-refractivity contribution < 1.29 is 0 Å². The monoisotopic (exact) mass is 385 g/mol. The molecule has 0 atom stereocenters. The van der Waals surface area contributed by atoms with Gasteiger partial charge >= 0.3 is 0 Å². The zero-order valence-electron chi connectivity index (χ0n) is 16.1. The zero-order valence-corrected chi connectivity index (χ0v) is 16.1. The van der Waals surface area contributed by atoms with Crippen molar-refractivity contribution in [3.63, 3.8) is 0 Å². The maximum absolute atomic E-state index is 13.0. The van der Waals surface area contributed by atoms with Crippen molar-refractivity contribution in [3.8, 4) is 17.3 Å². The lowest BCUT2D eigenvalue weighted by molar-refractivity contribution is 0.672. The molecule has 0 amide bonds. The average molecular weight is 385 g/mol. The van der Waals surface area contributed by atoms with Gasteiger partial charge in [-0.1, -0.05) is 26.5 Å². The lowest BCUT2D eigenvalue weighted by Gasteiger charge is -2.11. The van der Waals surface area contributed by atoms with Crippen molar-refractivity contribution in [2.45, 2.75) is 26.3 Å². The van der Waals surface area contributed by atoms with Crippen LogP contribution in [0.2, 0.25) is 0 Å². The Kier molecular flexibility index (Phi) is 4.56. The smallest absolute Gasteiger partial charge is 0.278 e. The lowest BCUT2D eigenvalue weighted by atomic mass is 10.00. The summed E-state index contributed by atoms with van der Waals surface area (Å²) in [5, 5.41) is 17.8. The summed E-state index contributed by atoms with van der Waals surface area (Å²) in [4.78, 5) is 20.7. The molecule has 1 N–H and O–H groups in total. The third kappa shape index (κ3) is 3.23. The van der Waals surface area contributed by atoms with Gasteiger partial charge in [0.15, 0.2) is 5.65 Å². The SMILES string of the molecule is C=Cc1cccc(Cn2cc(-c3[nH]c4c(C#N)cnn4c(=O)c3C(C)C)cn2)n1. The van der Waals surface area contributed by atoms with Gasteiger partial charge in [-0.2, -0.15) is 20.0 Å². The van der Waals surface area contributed by atoms with Crippen LogP contribution in [-0.2, 0) is 6.54 Å². The highest BCUT2D eigenvalue weighted by Crippen LogP contribution is 2.26. The number of aromatic amines is 1. The lowest BCUT2D eigenvalue weighted by Crippen LogP contribution is -2.22. The van der Waals surface area contributed by atoms with Crippen LogP contribution in [-0.4, -0.2) is 29.4 Å². The second kappa shape index (κ2) is 7.20. The van der Waals surface area contributed by atoms with Gasteiger partial charge in [0.1, 0.15) is 11.6 Å². The van der Waals surface area contributed by atoms with Crippen LogP contribution in [0.4, 0.5) is 0 Å². The zero-order chi connectivity index (χ0) is 20.5. The van der Waals surface area contributed by atoms with E-state index in [0.29, 0.717) is 29.0 Å². The molecule has 0 aliphatic rings. The minimum Gasteiger partial charge on any atom is -0.338 e. The molecule has 29 heavy (non-hydrogen) atoms. The van der Waals surface area contributed by atoms with Crippen molar-refractivity contribution in [2.75, 3.05) is 0 Å².